The van der Waals surface area contributed by atoms with Gasteiger partial charge in [-0.05, 0) is 31.2 Å². The molecule has 0 saturated heterocycles. The van der Waals surface area contributed by atoms with Crippen LogP contribution in [0.25, 0.3) is 0 Å². The molecule has 0 aliphatic rings. The second-order valence-corrected chi connectivity index (χ2v) is 6.76. The van der Waals surface area contributed by atoms with Gasteiger partial charge < -0.3 is 18.9 Å². The van der Waals surface area contributed by atoms with Crippen molar-refractivity contribution < 1.29 is 28.5 Å². The van der Waals surface area contributed by atoms with E-state index < -0.39 is 17.7 Å². The first-order chi connectivity index (χ1) is 14.8. The number of anilines is 1. The molecule has 0 spiro atoms. The van der Waals surface area contributed by atoms with Crippen LogP contribution >= 0.6 is 23.4 Å². The van der Waals surface area contributed by atoms with Crippen LogP contribution in [0.4, 0.5) is 11.4 Å². The van der Waals surface area contributed by atoms with Crippen molar-refractivity contribution in [2.45, 2.75) is 13.0 Å². The molecule has 0 aliphatic heterocycles. The third-order valence-corrected chi connectivity index (χ3v) is 4.79. The summed E-state index contributed by atoms with van der Waals surface area (Å²) in [5.74, 6) is -0.219. The number of carbonyl (C=O) groups is 2. The molecule has 31 heavy (non-hydrogen) atoms. The number of benzene rings is 2. The molecule has 2 aromatic rings. The fourth-order valence-electron chi connectivity index (χ4n) is 2.60. The molecule has 0 aliphatic carbocycles. The van der Waals surface area contributed by atoms with Gasteiger partial charge in [-0.15, -0.1) is 0 Å². The van der Waals surface area contributed by atoms with Crippen LogP contribution in [0.1, 0.15) is 6.92 Å². The van der Waals surface area contributed by atoms with Crippen molar-refractivity contribution in [2.75, 3.05) is 32.9 Å². The van der Waals surface area contributed by atoms with Gasteiger partial charge in [0.15, 0.2) is 17.3 Å². The fourth-order valence-corrected chi connectivity index (χ4v) is 3.05. The highest BCUT2D eigenvalue weighted by Crippen LogP contribution is 2.42. The molecular formula is C20H21Cl2N3O6. The van der Waals surface area contributed by atoms with Crippen molar-refractivity contribution in [3.8, 4) is 23.0 Å². The van der Waals surface area contributed by atoms with Gasteiger partial charge in [-0.25, -0.2) is 4.42 Å². The Hall–Kier alpha value is -3.04. The van der Waals surface area contributed by atoms with E-state index in [1.54, 1.807) is 12.1 Å². The minimum absolute atomic E-state index is 0.181. The highest BCUT2D eigenvalue weighted by Gasteiger charge is 2.31. The number of halogens is 2. The molecule has 0 bridgehead atoms. The molecule has 0 heterocycles. The normalized spacial score (nSPS) is 11.7. The molecule has 0 N–H and O–H groups in total. The van der Waals surface area contributed by atoms with Crippen LogP contribution in [0.3, 0.4) is 0 Å². The summed E-state index contributed by atoms with van der Waals surface area (Å²) in [5, 5.41) is 8.20. The minimum Gasteiger partial charge on any atom is -0.497 e. The molecule has 0 fully saturated rings. The van der Waals surface area contributed by atoms with Gasteiger partial charge in [0.2, 0.25) is 6.04 Å². The van der Waals surface area contributed by atoms with Gasteiger partial charge in [-0.1, -0.05) is 11.6 Å². The zero-order valence-corrected chi connectivity index (χ0v) is 19.0. The number of carbonyl (C=O) groups excluding carboxylic acids is 2. The van der Waals surface area contributed by atoms with Crippen molar-refractivity contribution >= 4 is 46.4 Å². The summed E-state index contributed by atoms with van der Waals surface area (Å²) in [7, 11) is 5.70. The Kier molecular flexibility index (Phi) is 8.47. The Labute approximate surface area is 189 Å². The zero-order chi connectivity index (χ0) is 23.1. The first kappa shape index (κ1) is 24.2. The molecule has 11 heteroatoms. The summed E-state index contributed by atoms with van der Waals surface area (Å²) in [6.07, 6.45) is 0. The lowest BCUT2D eigenvalue weighted by Crippen LogP contribution is -2.36. The SMILES string of the molecule is COc1ccc(OC)c(N(Cl)C(=O)C(N=Nc2ccc(Cl)c(OC)c2OC)C(C)=O)c1. The van der Waals surface area contributed by atoms with E-state index >= 15 is 0 Å². The predicted octanol–water partition coefficient (Wildman–Crippen LogP) is 4.60. The zero-order valence-electron chi connectivity index (χ0n) is 17.5. The quantitative estimate of drug-likeness (QED) is 0.302. The first-order valence-corrected chi connectivity index (χ1v) is 9.54. The van der Waals surface area contributed by atoms with E-state index in [4.69, 9.17) is 42.3 Å². The smallest absolute Gasteiger partial charge is 0.276 e. The standard InChI is InChI=1S/C20H21Cl2N3O6/c1-11(26)17(24-23-14-8-7-13(21)18(30-4)19(14)31-5)20(27)25(22)15-10-12(28-2)6-9-16(15)29-3/h6-10,17H,1-5H3. The third kappa shape index (κ3) is 5.36. The lowest BCUT2D eigenvalue weighted by molar-refractivity contribution is -0.126. The second-order valence-electron chi connectivity index (χ2n) is 6.02. The maximum Gasteiger partial charge on any atom is 0.276 e. The van der Waals surface area contributed by atoms with Crippen LogP contribution in [0.2, 0.25) is 5.02 Å². The molecule has 0 radical (unpaired) electrons. The lowest BCUT2D eigenvalue weighted by atomic mass is 10.2. The van der Waals surface area contributed by atoms with E-state index in [1.807, 2.05) is 0 Å². The summed E-state index contributed by atoms with van der Waals surface area (Å²) < 4.78 is 21.6. The minimum atomic E-state index is -1.51. The number of methoxy groups -OCH3 is 4. The van der Waals surface area contributed by atoms with Gasteiger partial charge in [0.05, 0.1) is 33.5 Å². The third-order valence-electron chi connectivity index (χ3n) is 4.14. The second kappa shape index (κ2) is 10.8. The first-order valence-electron chi connectivity index (χ1n) is 8.82. The molecular weight excluding hydrogens is 449 g/mol. The van der Waals surface area contributed by atoms with Crippen molar-refractivity contribution in [2.24, 2.45) is 10.2 Å². The number of ether oxygens (including phenoxy) is 4. The van der Waals surface area contributed by atoms with Crippen LogP contribution in [0, 0.1) is 0 Å². The van der Waals surface area contributed by atoms with Gasteiger partial charge in [0.1, 0.15) is 22.9 Å². The van der Waals surface area contributed by atoms with Crippen molar-refractivity contribution in [1.82, 2.24) is 0 Å². The number of nitrogens with zero attached hydrogens (tertiary/aromatic N) is 3. The van der Waals surface area contributed by atoms with Gasteiger partial charge in [0, 0.05) is 17.8 Å². The van der Waals surface area contributed by atoms with Crippen LogP contribution in [-0.2, 0) is 9.59 Å². The highest BCUT2D eigenvalue weighted by molar-refractivity contribution is 6.39. The molecule has 1 unspecified atom stereocenters. The van der Waals surface area contributed by atoms with Crippen LogP contribution in [0.15, 0.2) is 40.6 Å². The molecule has 166 valence electrons. The van der Waals surface area contributed by atoms with E-state index in [9.17, 15) is 9.59 Å². The Morgan fingerprint density at radius 2 is 1.65 bits per heavy atom. The van der Waals surface area contributed by atoms with Gasteiger partial charge >= 0.3 is 0 Å². The molecule has 2 aromatic carbocycles. The predicted molar refractivity (Wildman–Crippen MR) is 116 cm³/mol. The molecule has 0 saturated carbocycles. The van der Waals surface area contributed by atoms with E-state index in [1.165, 1.54) is 53.6 Å². The number of azo groups is 1. The number of hydrogen-bond donors (Lipinski definition) is 0. The van der Waals surface area contributed by atoms with Crippen molar-refractivity contribution in [1.29, 1.82) is 0 Å². The number of hydrogen-bond acceptors (Lipinski definition) is 8. The summed E-state index contributed by atoms with van der Waals surface area (Å²) in [6.45, 7) is 1.20. The maximum absolute atomic E-state index is 13.0. The average Bonchev–Trinajstić information content (AvgIpc) is 2.78. The number of amides is 1. The maximum atomic E-state index is 13.0. The van der Waals surface area contributed by atoms with Crippen molar-refractivity contribution in [3.05, 3.63) is 35.4 Å². The Morgan fingerprint density at radius 1 is 0.968 bits per heavy atom. The molecule has 9 nitrogen and oxygen atoms in total. The summed E-state index contributed by atoms with van der Waals surface area (Å²) in [4.78, 5) is 25.1. The summed E-state index contributed by atoms with van der Waals surface area (Å²) >= 11 is 12.3. The summed E-state index contributed by atoms with van der Waals surface area (Å²) in [6, 6.07) is 6.23. The molecule has 2 rings (SSSR count). The highest BCUT2D eigenvalue weighted by atomic mass is 35.5. The van der Waals surface area contributed by atoms with Crippen LogP contribution in [-0.4, -0.2) is 46.2 Å². The largest absolute Gasteiger partial charge is 0.497 e. The number of rotatable bonds is 9. The van der Waals surface area contributed by atoms with E-state index in [0.29, 0.717) is 16.5 Å². The Morgan fingerprint density at radius 3 is 2.19 bits per heavy atom. The van der Waals surface area contributed by atoms with Gasteiger partial charge in [0.25, 0.3) is 5.91 Å². The summed E-state index contributed by atoms with van der Waals surface area (Å²) in [5.41, 5.74) is 0.392. The number of Topliss-reactive ketones (excluding diaryl/α,β-unsaturated/α-hetero) is 1. The monoisotopic (exact) mass is 469 g/mol. The van der Waals surface area contributed by atoms with E-state index in [2.05, 4.69) is 10.2 Å². The van der Waals surface area contributed by atoms with E-state index in [0.717, 1.165) is 4.42 Å². The Balaban J connectivity index is 2.41. The lowest BCUT2D eigenvalue weighted by Gasteiger charge is -2.19. The van der Waals surface area contributed by atoms with Crippen LogP contribution in [0.5, 0.6) is 23.0 Å². The van der Waals surface area contributed by atoms with Gasteiger partial charge in [-0.3, -0.25) is 9.59 Å². The fraction of sp³-hybridized carbons (Fsp3) is 0.300. The number of ketones is 1. The van der Waals surface area contributed by atoms with Crippen LogP contribution < -0.4 is 23.4 Å². The molecule has 1 atom stereocenters. The molecule has 1 amide bonds. The van der Waals surface area contributed by atoms with Gasteiger partial charge in [-0.2, -0.15) is 10.2 Å². The van der Waals surface area contributed by atoms with E-state index in [-0.39, 0.29) is 22.9 Å². The van der Waals surface area contributed by atoms with Crippen molar-refractivity contribution in [3.63, 3.8) is 0 Å². The average molecular weight is 470 g/mol. The topological polar surface area (TPSA) is 99.0 Å². The molecule has 0 aromatic heterocycles. The Bertz CT molecular complexity index is 999.